The molecule has 2 atom stereocenters. The van der Waals surface area contributed by atoms with Crippen molar-refractivity contribution in [2.24, 2.45) is 5.92 Å². The van der Waals surface area contributed by atoms with Gasteiger partial charge in [0, 0.05) is 31.6 Å². The summed E-state index contributed by atoms with van der Waals surface area (Å²) in [5, 5.41) is 8.76. The van der Waals surface area contributed by atoms with Gasteiger partial charge in [0.15, 0.2) is 0 Å². The Morgan fingerprint density at radius 1 is 1.40 bits per heavy atom. The summed E-state index contributed by atoms with van der Waals surface area (Å²) in [6.45, 7) is 1.11. The zero-order chi connectivity index (χ0) is 11.2. The van der Waals surface area contributed by atoms with Crippen LogP contribution in [0.15, 0.2) is 0 Å². The molecular weight excluding hydrogens is 222 g/mol. The first-order chi connectivity index (χ1) is 6.88. The molecule has 2 N–H and O–H groups in total. The second-order valence-electron chi connectivity index (χ2n) is 3.98. The van der Waals surface area contributed by atoms with E-state index >= 15 is 0 Å². The number of amides is 1. The van der Waals surface area contributed by atoms with E-state index in [1.807, 2.05) is 0 Å². The predicted molar refractivity (Wildman–Crippen MR) is 51.6 cm³/mol. The van der Waals surface area contributed by atoms with Gasteiger partial charge in [0.1, 0.15) is 0 Å². The average Bonchev–Trinajstić information content (AvgIpc) is 2.55. The highest BCUT2D eigenvalue weighted by Gasteiger charge is 2.43. The number of sulfonamides is 1. The first kappa shape index (κ1) is 10.7. The van der Waals surface area contributed by atoms with Crippen LogP contribution in [0.2, 0.25) is 0 Å². The predicted octanol–water partition coefficient (Wildman–Crippen LogP) is -1.26. The molecule has 2 unspecified atom stereocenters. The highest BCUT2D eigenvalue weighted by atomic mass is 32.2. The van der Waals surface area contributed by atoms with Crippen molar-refractivity contribution in [2.45, 2.75) is 6.04 Å². The van der Waals surface area contributed by atoms with Crippen LogP contribution in [0, 0.1) is 5.92 Å². The number of hydrogen-bond donors (Lipinski definition) is 2. The van der Waals surface area contributed by atoms with Gasteiger partial charge >= 0.3 is 6.09 Å². The lowest BCUT2D eigenvalue weighted by atomic mass is 10.1. The van der Waals surface area contributed by atoms with Crippen LogP contribution in [0.3, 0.4) is 0 Å². The number of fused-ring (bicyclic) bond motifs is 1. The van der Waals surface area contributed by atoms with Gasteiger partial charge in [-0.3, -0.25) is 0 Å². The molecule has 2 aliphatic rings. The van der Waals surface area contributed by atoms with Crippen molar-refractivity contribution in [2.75, 3.05) is 25.9 Å². The van der Waals surface area contributed by atoms with E-state index in [0.717, 1.165) is 6.26 Å². The molecule has 0 bridgehead atoms. The standard InChI is InChI=1S/C7H13N3O4S/c1-15(13,14)10-3-5-2-9(7(11)12)4-6(5)8-10/h5-6,8H,2-4H2,1H3,(H,11,12). The van der Waals surface area contributed by atoms with Crippen molar-refractivity contribution in [3.63, 3.8) is 0 Å². The number of rotatable bonds is 1. The van der Waals surface area contributed by atoms with E-state index < -0.39 is 16.1 Å². The van der Waals surface area contributed by atoms with E-state index in [4.69, 9.17) is 5.11 Å². The smallest absolute Gasteiger partial charge is 0.407 e. The Labute approximate surface area is 87.7 Å². The third-order valence-corrected chi connectivity index (χ3v) is 3.88. The fourth-order valence-electron chi connectivity index (χ4n) is 2.04. The summed E-state index contributed by atoms with van der Waals surface area (Å²) in [6.07, 6.45) is 0.188. The first-order valence-corrected chi connectivity index (χ1v) is 6.44. The third-order valence-electron chi connectivity index (χ3n) is 2.82. The Bertz CT molecular complexity index is 368. The molecule has 0 radical (unpaired) electrons. The summed E-state index contributed by atoms with van der Waals surface area (Å²) in [5.74, 6) is 0.0656. The minimum absolute atomic E-state index is 0.0656. The fraction of sp³-hybridized carbons (Fsp3) is 0.857. The largest absolute Gasteiger partial charge is 0.465 e. The van der Waals surface area contributed by atoms with E-state index in [0.29, 0.717) is 19.6 Å². The third kappa shape index (κ3) is 1.92. The Balaban J connectivity index is 2.02. The van der Waals surface area contributed by atoms with Crippen molar-refractivity contribution in [1.29, 1.82) is 0 Å². The van der Waals surface area contributed by atoms with Crippen molar-refractivity contribution in [1.82, 2.24) is 14.7 Å². The Morgan fingerprint density at radius 2 is 2.07 bits per heavy atom. The fourth-order valence-corrected chi connectivity index (χ4v) is 2.83. The Morgan fingerprint density at radius 3 is 2.53 bits per heavy atom. The highest BCUT2D eigenvalue weighted by molar-refractivity contribution is 7.88. The van der Waals surface area contributed by atoms with Crippen LogP contribution in [-0.2, 0) is 10.0 Å². The molecule has 0 saturated carbocycles. The number of likely N-dealkylation sites (tertiary alicyclic amines) is 1. The van der Waals surface area contributed by atoms with Crippen molar-refractivity contribution in [3.8, 4) is 0 Å². The van der Waals surface area contributed by atoms with E-state index in [9.17, 15) is 13.2 Å². The van der Waals surface area contributed by atoms with E-state index in [-0.39, 0.29) is 12.0 Å². The molecule has 2 rings (SSSR count). The Hall–Kier alpha value is -0.860. The van der Waals surface area contributed by atoms with Gasteiger partial charge in [0.25, 0.3) is 0 Å². The zero-order valence-corrected chi connectivity index (χ0v) is 9.07. The van der Waals surface area contributed by atoms with E-state index in [1.54, 1.807) is 0 Å². The van der Waals surface area contributed by atoms with Crippen molar-refractivity contribution < 1.29 is 18.3 Å². The zero-order valence-electron chi connectivity index (χ0n) is 8.25. The summed E-state index contributed by atoms with van der Waals surface area (Å²) < 4.78 is 23.6. The van der Waals surface area contributed by atoms with Gasteiger partial charge in [0.05, 0.1) is 6.26 Å². The van der Waals surface area contributed by atoms with Gasteiger partial charge in [-0.2, -0.15) is 0 Å². The summed E-state index contributed by atoms with van der Waals surface area (Å²) in [6, 6.07) is -0.0733. The molecule has 7 nitrogen and oxygen atoms in total. The molecule has 0 aromatic heterocycles. The second-order valence-corrected chi connectivity index (χ2v) is 5.88. The molecule has 0 spiro atoms. The molecule has 2 heterocycles. The maximum absolute atomic E-state index is 11.2. The number of nitrogens with zero attached hydrogens (tertiary/aromatic N) is 2. The lowest BCUT2D eigenvalue weighted by Gasteiger charge is -2.18. The minimum Gasteiger partial charge on any atom is -0.465 e. The molecular formula is C7H13N3O4S. The van der Waals surface area contributed by atoms with Crippen molar-refractivity contribution in [3.05, 3.63) is 0 Å². The number of carbonyl (C=O) groups is 1. The highest BCUT2D eigenvalue weighted by Crippen LogP contribution is 2.24. The monoisotopic (exact) mass is 235 g/mol. The van der Waals surface area contributed by atoms with Gasteiger partial charge in [-0.25, -0.2) is 18.6 Å². The lowest BCUT2D eigenvalue weighted by Crippen LogP contribution is -2.43. The molecule has 86 valence electrons. The van der Waals surface area contributed by atoms with Gasteiger partial charge in [-0.1, -0.05) is 0 Å². The first-order valence-electron chi connectivity index (χ1n) is 4.59. The molecule has 2 fully saturated rings. The molecule has 2 aliphatic heterocycles. The molecule has 2 saturated heterocycles. The van der Waals surface area contributed by atoms with Gasteiger partial charge in [0.2, 0.25) is 10.0 Å². The normalized spacial score (nSPS) is 31.9. The Kier molecular flexibility index (Phi) is 2.36. The number of nitrogens with one attached hydrogen (secondary N) is 1. The second kappa shape index (κ2) is 3.32. The topological polar surface area (TPSA) is 90.0 Å². The number of carboxylic acid groups (broad SMARTS) is 1. The SMILES string of the molecule is CS(=O)(=O)N1CC2CN(C(=O)O)CC2N1. The quantitative estimate of drug-likeness (QED) is 0.592. The minimum atomic E-state index is -3.23. The van der Waals surface area contributed by atoms with Crippen LogP contribution < -0.4 is 5.43 Å². The maximum atomic E-state index is 11.2. The van der Waals surface area contributed by atoms with Crippen molar-refractivity contribution >= 4 is 16.1 Å². The lowest BCUT2D eigenvalue weighted by molar-refractivity contribution is 0.150. The summed E-state index contributed by atoms with van der Waals surface area (Å²) in [4.78, 5) is 12.0. The van der Waals surface area contributed by atoms with Crippen LogP contribution in [-0.4, -0.2) is 60.9 Å². The van der Waals surface area contributed by atoms with Crippen LogP contribution in [0.4, 0.5) is 4.79 Å². The molecule has 0 aromatic rings. The maximum Gasteiger partial charge on any atom is 0.407 e. The molecule has 15 heavy (non-hydrogen) atoms. The summed E-state index contributed by atoms with van der Waals surface area (Å²) in [5.41, 5.74) is 2.82. The number of hydrogen-bond acceptors (Lipinski definition) is 4. The van der Waals surface area contributed by atoms with Crippen LogP contribution >= 0.6 is 0 Å². The van der Waals surface area contributed by atoms with Crippen LogP contribution in [0.1, 0.15) is 0 Å². The molecule has 0 aliphatic carbocycles. The van der Waals surface area contributed by atoms with E-state index in [2.05, 4.69) is 5.43 Å². The number of hydrazine groups is 1. The average molecular weight is 235 g/mol. The van der Waals surface area contributed by atoms with Gasteiger partial charge in [-0.05, 0) is 0 Å². The summed E-state index contributed by atoms with van der Waals surface area (Å²) >= 11 is 0. The molecule has 1 amide bonds. The van der Waals surface area contributed by atoms with E-state index in [1.165, 1.54) is 9.31 Å². The molecule has 8 heteroatoms. The van der Waals surface area contributed by atoms with Crippen LogP contribution in [0.5, 0.6) is 0 Å². The van der Waals surface area contributed by atoms with Gasteiger partial charge < -0.3 is 10.0 Å². The molecule has 0 aromatic carbocycles. The van der Waals surface area contributed by atoms with Crippen LogP contribution in [0.25, 0.3) is 0 Å². The van der Waals surface area contributed by atoms with Gasteiger partial charge in [-0.15, -0.1) is 4.41 Å². The summed E-state index contributed by atoms with van der Waals surface area (Å²) in [7, 11) is -3.23.